The van der Waals surface area contributed by atoms with E-state index in [4.69, 9.17) is 0 Å². The summed E-state index contributed by atoms with van der Waals surface area (Å²) < 4.78 is 0. The summed E-state index contributed by atoms with van der Waals surface area (Å²) in [5, 5.41) is 3.46. The number of hydrogen-bond acceptors (Lipinski definition) is 4. The quantitative estimate of drug-likeness (QED) is 0.868. The Balaban J connectivity index is 1.82. The zero-order valence-electron chi connectivity index (χ0n) is 14.0. The first kappa shape index (κ1) is 16.4. The molecule has 4 heteroatoms. The molecule has 1 atom stereocenters. The maximum Gasteiger partial charge on any atom is 0.0544 e. The van der Waals surface area contributed by atoms with Crippen LogP contribution < -0.4 is 5.32 Å². The number of hydrogen-bond donors (Lipinski definition) is 1. The van der Waals surface area contributed by atoms with Crippen LogP contribution in [0.1, 0.15) is 32.0 Å². The van der Waals surface area contributed by atoms with Crippen LogP contribution in [0.5, 0.6) is 0 Å². The van der Waals surface area contributed by atoms with E-state index in [0.29, 0.717) is 12.0 Å². The molecule has 4 nitrogen and oxygen atoms in total. The molecule has 0 saturated carbocycles. The van der Waals surface area contributed by atoms with Gasteiger partial charge in [0.2, 0.25) is 0 Å². The Kier molecular flexibility index (Phi) is 6.15. The van der Waals surface area contributed by atoms with E-state index in [1.54, 1.807) is 0 Å². The second-order valence-electron chi connectivity index (χ2n) is 6.76. The average Bonchev–Trinajstić information content (AvgIpc) is 2.43. The van der Waals surface area contributed by atoms with Gasteiger partial charge in [-0.3, -0.25) is 9.88 Å². The van der Waals surface area contributed by atoms with Crippen molar-refractivity contribution in [1.82, 2.24) is 20.1 Å². The summed E-state index contributed by atoms with van der Waals surface area (Å²) in [4.78, 5) is 9.56. The van der Waals surface area contributed by atoms with E-state index in [1.807, 2.05) is 6.20 Å². The van der Waals surface area contributed by atoms with Crippen molar-refractivity contribution in [3.05, 3.63) is 29.6 Å². The third-order valence-corrected chi connectivity index (χ3v) is 4.10. The molecule has 1 fully saturated rings. The fourth-order valence-electron chi connectivity index (χ4n) is 2.78. The van der Waals surface area contributed by atoms with Crippen molar-refractivity contribution in [1.29, 1.82) is 0 Å². The Morgan fingerprint density at radius 3 is 2.76 bits per heavy atom. The lowest BCUT2D eigenvalue weighted by atomic mass is 10.1. The van der Waals surface area contributed by atoms with Gasteiger partial charge >= 0.3 is 0 Å². The third kappa shape index (κ3) is 5.38. The first-order valence-corrected chi connectivity index (χ1v) is 8.11. The smallest absolute Gasteiger partial charge is 0.0544 e. The van der Waals surface area contributed by atoms with E-state index < -0.39 is 0 Å². The van der Waals surface area contributed by atoms with Crippen LogP contribution in [-0.4, -0.2) is 54.1 Å². The van der Waals surface area contributed by atoms with Crippen LogP contribution >= 0.6 is 0 Å². The highest BCUT2D eigenvalue weighted by Gasteiger charge is 2.21. The summed E-state index contributed by atoms with van der Waals surface area (Å²) in [6.45, 7) is 13.1. The minimum absolute atomic E-state index is 0.609. The van der Waals surface area contributed by atoms with Crippen molar-refractivity contribution >= 4 is 0 Å². The monoisotopic (exact) mass is 290 g/mol. The van der Waals surface area contributed by atoms with Crippen molar-refractivity contribution in [3.8, 4) is 0 Å². The minimum atomic E-state index is 0.609. The lowest BCUT2D eigenvalue weighted by Crippen LogP contribution is -2.49. The number of nitrogens with zero attached hydrogens (tertiary/aromatic N) is 3. The summed E-state index contributed by atoms with van der Waals surface area (Å²) in [7, 11) is 2.20. The molecule has 1 aliphatic rings. The predicted molar refractivity (Wildman–Crippen MR) is 88.2 cm³/mol. The standard InChI is InChI=1S/C17H30N4/c1-14(2)9-18-10-16-5-6-17(19-11-16)13-21-8-7-20(4)12-15(21)3/h5-6,11,14-15,18H,7-10,12-13H2,1-4H3. The van der Waals surface area contributed by atoms with E-state index >= 15 is 0 Å². The molecule has 1 N–H and O–H groups in total. The lowest BCUT2D eigenvalue weighted by molar-refractivity contribution is 0.0927. The van der Waals surface area contributed by atoms with Crippen molar-refractivity contribution in [3.63, 3.8) is 0 Å². The molecule has 2 heterocycles. The molecular formula is C17H30N4. The molecule has 0 aromatic carbocycles. The second kappa shape index (κ2) is 7.87. The number of pyridine rings is 1. The topological polar surface area (TPSA) is 31.4 Å². The van der Waals surface area contributed by atoms with Crippen molar-refractivity contribution in [2.24, 2.45) is 5.92 Å². The first-order valence-electron chi connectivity index (χ1n) is 8.11. The van der Waals surface area contributed by atoms with Crippen molar-refractivity contribution in [2.75, 3.05) is 33.2 Å². The van der Waals surface area contributed by atoms with Gasteiger partial charge in [0.1, 0.15) is 0 Å². The normalized spacial score (nSPS) is 21.1. The van der Waals surface area contributed by atoms with E-state index in [-0.39, 0.29) is 0 Å². The number of aromatic nitrogens is 1. The molecule has 1 aromatic rings. The molecule has 0 bridgehead atoms. The highest BCUT2D eigenvalue weighted by Crippen LogP contribution is 2.12. The SMILES string of the molecule is CC(C)CNCc1ccc(CN2CCN(C)CC2C)nc1. The van der Waals surface area contributed by atoms with Crippen LogP contribution in [0.3, 0.4) is 0 Å². The molecule has 0 spiro atoms. The zero-order chi connectivity index (χ0) is 15.2. The van der Waals surface area contributed by atoms with Gasteiger partial charge in [-0.1, -0.05) is 19.9 Å². The van der Waals surface area contributed by atoms with Gasteiger partial charge in [-0.25, -0.2) is 0 Å². The highest BCUT2D eigenvalue weighted by atomic mass is 15.3. The summed E-state index contributed by atoms with van der Waals surface area (Å²) in [5.74, 6) is 0.691. The van der Waals surface area contributed by atoms with Gasteiger partial charge in [-0.05, 0) is 38.1 Å². The fourth-order valence-corrected chi connectivity index (χ4v) is 2.78. The van der Waals surface area contributed by atoms with Gasteiger partial charge in [0.25, 0.3) is 0 Å². The van der Waals surface area contributed by atoms with Crippen LogP contribution in [0.2, 0.25) is 0 Å². The summed E-state index contributed by atoms with van der Waals surface area (Å²) >= 11 is 0. The summed E-state index contributed by atoms with van der Waals surface area (Å²) in [6, 6.07) is 4.99. The largest absolute Gasteiger partial charge is 0.312 e. The summed E-state index contributed by atoms with van der Waals surface area (Å²) in [5.41, 5.74) is 2.45. The molecule has 0 amide bonds. The Bertz CT molecular complexity index is 415. The molecule has 1 unspecified atom stereocenters. The predicted octanol–water partition coefficient (Wildman–Crippen LogP) is 1.96. The number of rotatable bonds is 6. The molecule has 0 radical (unpaired) electrons. The van der Waals surface area contributed by atoms with Gasteiger partial charge in [-0.2, -0.15) is 0 Å². The minimum Gasteiger partial charge on any atom is -0.312 e. The molecule has 1 aliphatic heterocycles. The summed E-state index contributed by atoms with van der Waals surface area (Å²) in [6.07, 6.45) is 2.02. The fraction of sp³-hybridized carbons (Fsp3) is 0.706. The Morgan fingerprint density at radius 1 is 1.33 bits per heavy atom. The zero-order valence-corrected chi connectivity index (χ0v) is 14.0. The molecule has 118 valence electrons. The van der Waals surface area contributed by atoms with Crippen LogP contribution in [0.25, 0.3) is 0 Å². The van der Waals surface area contributed by atoms with Crippen molar-refractivity contribution < 1.29 is 0 Å². The third-order valence-electron chi connectivity index (χ3n) is 4.10. The highest BCUT2D eigenvalue weighted by molar-refractivity contribution is 5.14. The van der Waals surface area contributed by atoms with Crippen LogP contribution in [-0.2, 0) is 13.1 Å². The van der Waals surface area contributed by atoms with Crippen LogP contribution in [0.15, 0.2) is 18.3 Å². The average molecular weight is 290 g/mol. The van der Waals surface area contributed by atoms with Gasteiger partial charge in [0, 0.05) is 45.0 Å². The Hall–Kier alpha value is -0.970. The number of piperazine rings is 1. The van der Waals surface area contributed by atoms with E-state index in [1.165, 1.54) is 11.3 Å². The number of likely N-dealkylation sites (N-methyl/N-ethyl adjacent to an activating group) is 1. The van der Waals surface area contributed by atoms with Gasteiger partial charge in [0.15, 0.2) is 0 Å². The van der Waals surface area contributed by atoms with Crippen LogP contribution in [0, 0.1) is 5.92 Å². The molecular weight excluding hydrogens is 260 g/mol. The molecule has 1 aromatic heterocycles. The van der Waals surface area contributed by atoms with E-state index in [9.17, 15) is 0 Å². The van der Waals surface area contributed by atoms with Gasteiger partial charge in [0.05, 0.1) is 5.69 Å². The van der Waals surface area contributed by atoms with Crippen molar-refractivity contribution in [2.45, 2.75) is 39.9 Å². The number of nitrogens with one attached hydrogen (secondary N) is 1. The van der Waals surface area contributed by atoms with Gasteiger partial charge in [-0.15, -0.1) is 0 Å². The second-order valence-corrected chi connectivity index (χ2v) is 6.76. The van der Waals surface area contributed by atoms with Gasteiger partial charge < -0.3 is 10.2 Å². The lowest BCUT2D eigenvalue weighted by Gasteiger charge is -2.37. The first-order chi connectivity index (χ1) is 10.0. The molecule has 0 aliphatic carbocycles. The Morgan fingerprint density at radius 2 is 2.14 bits per heavy atom. The van der Waals surface area contributed by atoms with Crippen LogP contribution in [0.4, 0.5) is 0 Å². The molecule has 2 rings (SSSR count). The maximum atomic E-state index is 4.63. The van der Waals surface area contributed by atoms with E-state index in [2.05, 4.69) is 60.1 Å². The molecule has 1 saturated heterocycles. The maximum absolute atomic E-state index is 4.63. The molecule has 21 heavy (non-hydrogen) atoms. The Labute approximate surface area is 129 Å². The van der Waals surface area contributed by atoms with E-state index in [0.717, 1.165) is 39.3 Å².